The maximum atomic E-state index is 5.90. The lowest BCUT2D eigenvalue weighted by atomic mass is 9.89. The third-order valence-corrected chi connectivity index (χ3v) is 5.01. The molecule has 0 spiro atoms. The van der Waals surface area contributed by atoms with Gasteiger partial charge in [0.2, 0.25) is 0 Å². The molecule has 4 rings (SSSR count). The number of thiazole rings is 1. The van der Waals surface area contributed by atoms with Crippen molar-refractivity contribution in [3.63, 3.8) is 0 Å². The Bertz CT molecular complexity index is 994. The summed E-state index contributed by atoms with van der Waals surface area (Å²) in [7, 11) is 0. The van der Waals surface area contributed by atoms with Gasteiger partial charge in [0.1, 0.15) is 11.3 Å². The third-order valence-electron chi connectivity index (χ3n) is 4.12. The molecular weight excluding hydrogens is 332 g/mol. The summed E-state index contributed by atoms with van der Waals surface area (Å²) in [5.41, 5.74) is 3.13. The summed E-state index contributed by atoms with van der Waals surface area (Å²) in [4.78, 5) is 8.64. The molecule has 0 atom stereocenters. The number of nitrogens with zero attached hydrogens (tertiary/aromatic N) is 2. The molecule has 0 unspecified atom stereocenters. The van der Waals surface area contributed by atoms with Crippen LogP contribution in [0.2, 0.25) is 0 Å². The molecule has 0 amide bonds. The Hall–Kier alpha value is -2.40. The smallest absolute Gasteiger partial charge is 0.281 e. The summed E-state index contributed by atoms with van der Waals surface area (Å²) in [5, 5.41) is 1.75. The minimum Gasteiger partial charge on any atom is -0.464 e. The molecule has 0 aliphatic heterocycles. The van der Waals surface area contributed by atoms with Crippen LogP contribution in [-0.2, 0) is 6.42 Å². The Morgan fingerprint density at radius 2 is 2.08 bits per heavy atom. The molecular formula is C20H20N2O2S. The van der Waals surface area contributed by atoms with Crippen LogP contribution in [0.15, 0.2) is 47.2 Å². The second kappa shape index (κ2) is 6.15. The Morgan fingerprint density at radius 3 is 2.88 bits per heavy atom. The topological polar surface area (TPSA) is 48.2 Å². The van der Waals surface area contributed by atoms with Crippen molar-refractivity contribution in [1.82, 2.24) is 9.97 Å². The number of hydrogen-bond acceptors (Lipinski definition) is 5. The minimum absolute atomic E-state index is 0.313. The first-order valence-electron chi connectivity index (χ1n) is 8.37. The standard InChI is InChI=1S/C20H20N2O2S/c1-20(2,3)9-8-13-12-23-16-11-14(6-7-15(13)16)24-19-22-18-17(25-19)5-4-10-21-18/h4-7,10-12H,8-9H2,1-3H3. The largest absolute Gasteiger partial charge is 0.464 e. The zero-order valence-electron chi connectivity index (χ0n) is 14.6. The van der Waals surface area contributed by atoms with Crippen LogP contribution in [0.4, 0.5) is 0 Å². The van der Waals surface area contributed by atoms with Gasteiger partial charge in [0.15, 0.2) is 5.65 Å². The second-order valence-electron chi connectivity index (χ2n) is 7.39. The van der Waals surface area contributed by atoms with Crippen LogP contribution in [0.25, 0.3) is 21.3 Å². The molecule has 1 aromatic carbocycles. The van der Waals surface area contributed by atoms with E-state index in [1.54, 1.807) is 6.20 Å². The summed E-state index contributed by atoms with van der Waals surface area (Å²) >= 11 is 1.49. The van der Waals surface area contributed by atoms with Crippen LogP contribution in [0, 0.1) is 5.41 Å². The lowest BCUT2D eigenvalue weighted by Crippen LogP contribution is -2.05. The first kappa shape index (κ1) is 16.1. The van der Waals surface area contributed by atoms with Crippen molar-refractivity contribution in [2.75, 3.05) is 0 Å². The Labute approximate surface area is 150 Å². The summed E-state index contributed by atoms with van der Waals surface area (Å²) < 4.78 is 12.7. The fraction of sp³-hybridized carbons (Fsp3) is 0.300. The number of aryl methyl sites for hydroxylation is 1. The number of benzene rings is 1. The Balaban J connectivity index is 1.57. The van der Waals surface area contributed by atoms with E-state index >= 15 is 0 Å². The molecule has 0 saturated carbocycles. The van der Waals surface area contributed by atoms with Crippen LogP contribution in [0.3, 0.4) is 0 Å². The Kier molecular flexibility index (Phi) is 3.96. The van der Waals surface area contributed by atoms with Gasteiger partial charge in [0.05, 0.1) is 11.0 Å². The maximum absolute atomic E-state index is 5.90. The van der Waals surface area contributed by atoms with Crippen molar-refractivity contribution in [3.8, 4) is 10.9 Å². The number of ether oxygens (including phenoxy) is 1. The maximum Gasteiger partial charge on any atom is 0.281 e. The summed E-state index contributed by atoms with van der Waals surface area (Å²) in [6.07, 6.45) is 5.74. The summed E-state index contributed by atoms with van der Waals surface area (Å²) in [6, 6.07) is 9.85. The van der Waals surface area contributed by atoms with Crippen molar-refractivity contribution in [1.29, 1.82) is 0 Å². The van der Waals surface area contributed by atoms with Crippen LogP contribution in [0.5, 0.6) is 10.9 Å². The summed E-state index contributed by atoms with van der Waals surface area (Å²) in [6.45, 7) is 6.77. The zero-order chi connectivity index (χ0) is 17.4. The molecule has 25 heavy (non-hydrogen) atoms. The fourth-order valence-corrected chi connectivity index (χ4v) is 3.52. The second-order valence-corrected chi connectivity index (χ2v) is 8.38. The van der Waals surface area contributed by atoms with Crippen LogP contribution in [0.1, 0.15) is 32.8 Å². The molecule has 3 heterocycles. The molecule has 4 nitrogen and oxygen atoms in total. The van der Waals surface area contributed by atoms with Gasteiger partial charge in [0.25, 0.3) is 5.19 Å². The van der Waals surface area contributed by atoms with Crippen LogP contribution in [-0.4, -0.2) is 9.97 Å². The van der Waals surface area contributed by atoms with E-state index in [4.69, 9.17) is 9.15 Å². The van der Waals surface area contributed by atoms with E-state index in [1.165, 1.54) is 16.9 Å². The van der Waals surface area contributed by atoms with Gasteiger partial charge in [-0.1, -0.05) is 32.1 Å². The molecule has 0 saturated heterocycles. The van der Waals surface area contributed by atoms with E-state index in [1.807, 2.05) is 30.5 Å². The van der Waals surface area contributed by atoms with Crippen molar-refractivity contribution in [2.45, 2.75) is 33.6 Å². The molecule has 5 heteroatoms. The molecule has 0 aliphatic carbocycles. The fourth-order valence-electron chi connectivity index (χ4n) is 2.72. The number of fused-ring (bicyclic) bond motifs is 2. The number of aromatic nitrogens is 2. The monoisotopic (exact) mass is 352 g/mol. The van der Waals surface area contributed by atoms with Gasteiger partial charge in [0, 0.05) is 17.6 Å². The highest BCUT2D eigenvalue weighted by Gasteiger charge is 2.14. The van der Waals surface area contributed by atoms with Gasteiger partial charge in [-0.05, 0) is 48.1 Å². The van der Waals surface area contributed by atoms with E-state index in [2.05, 4.69) is 36.8 Å². The molecule has 0 aliphatic rings. The highest BCUT2D eigenvalue weighted by molar-refractivity contribution is 7.20. The first-order valence-corrected chi connectivity index (χ1v) is 9.19. The summed E-state index contributed by atoms with van der Waals surface area (Å²) in [5.74, 6) is 0.725. The van der Waals surface area contributed by atoms with E-state index in [9.17, 15) is 0 Å². The predicted octanol–water partition coefficient (Wildman–Crippen LogP) is 6.21. The van der Waals surface area contributed by atoms with Crippen molar-refractivity contribution < 1.29 is 9.15 Å². The quantitative estimate of drug-likeness (QED) is 0.438. The average molecular weight is 352 g/mol. The van der Waals surface area contributed by atoms with Crippen LogP contribution < -0.4 is 4.74 Å². The van der Waals surface area contributed by atoms with Gasteiger partial charge in [-0.3, -0.25) is 0 Å². The van der Waals surface area contributed by atoms with Crippen molar-refractivity contribution in [3.05, 3.63) is 48.4 Å². The van der Waals surface area contributed by atoms with E-state index in [-0.39, 0.29) is 0 Å². The lowest BCUT2D eigenvalue weighted by molar-refractivity contribution is 0.378. The molecule has 4 aromatic rings. The number of rotatable bonds is 4. The van der Waals surface area contributed by atoms with E-state index in [0.717, 1.165) is 34.3 Å². The van der Waals surface area contributed by atoms with Gasteiger partial charge >= 0.3 is 0 Å². The van der Waals surface area contributed by atoms with Gasteiger partial charge < -0.3 is 9.15 Å². The molecule has 3 aromatic heterocycles. The molecule has 0 fully saturated rings. The van der Waals surface area contributed by atoms with Gasteiger partial charge in [-0.25, -0.2) is 4.98 Å². The van der Waals surface area contributed by atoms with Gasteiger partial charge in [-0.15, -0.1) is 0 Å². The minimum atomic E-state index is 0.313. The normalized spacial score (nSPS) is 12.1. The van der Waals surface area contributed by atoms with Crippen molar-refractivity contribution >= 4 is 32.7 Å². The van der Waals surface area contributed by atoms with Gasteiger partial charge in [-0.2, -0.15) is 4.98 Å². The van der Waals surface area contributed by atoms with E-state index < -0.39 is 0 Å². The first-order chi connectivity index (χ1) is 12.0. The third kappa shape index (κ3) is 3.51. The molecule has 0 bridgehead atoms. The predicted molar refractivity (Wildman–Crippen MR) is 101 cm³/mol. The highest BCUT2D eigenvalue weighted by atomic mass is 32.1. The average Bonchev–Trinajstić information content (AvgIpc) is 3.15. The molecule has 0 radical (unpaired) electrons. The zero-order valence-corrected chi connectivity index (χ0v) is 15.4. The number of pyridine rings is 1. The molecule has 0 N–H and O–H groups in total. The number of furan rings is 1. The SMILES string of the molecule is CC(C)(C)CCc1coc2cc(Oc3nc4ncccc4s3)ccc12. The van der Waals surface area contributed by atoms with Crippen LogP contribution >= 0.6 is 11.3 Å². The number of hydrogen-bond donors (Lipinski definition) is 0. The Morgan fingerprint density at radius 1 is 1.20 bits per heavy atom. The molecule has 128 valence electrons. The van der Waals surface area contributed by atoms with Crippen molar-refractivity contribution in [2.24, 2.45) is 5.41 Å². The lowest BCUT2D eigenvalue weighted by Gasteiger charge is -2.17. The highest BCUT2D eigenvalue weighted by Crippen LogP contribution is 2.33. The van der Waals surface area contributed by atoms with E-state index in [0.29, 0.717) is 16.3 Å².